The second-order valence-corrected chi connectivity index (χ2v) is 6.92. The molecule has 0 spiro atoms. The number of carbonyl (C=O) groups excluding carboxylic acids is 4. The molecule has 0 radical (unpaired) electrons. The summed E-state index contributed by atoms with van der Waals surface area (Å²) in [6.45, 7) is 1.61. The lowest BCUT2D eigenvalue weighted by molar-refractivity contribution is -0.205. The summed E-state index contributed by atoms with van der Waals surface area (Å²) in [6, 6.07) is 5.17. The number of rotatable bonds is 5. The number of nitrogens with two attached hydrogens (primary N) is 1. The van der Waals surface area contributed by atoms with Crippen molar-refractivity contribution in [1.82, 2.24) is 25.3 Å². The molecule has 1 aliphatic heterocycles. The largest absolute Gasteiger partial charge is 0.491 e. The quantitative estimate of drug-likeness (QED) is 0.286. The predicted octanol–water partition coefficient (Wildman–Crippen LogP) is 0.464. The van der Waals surface area contributed by atoms with Crippen molar-refractivity contribution >= 4 is 23.9 Å². The monoisotopic (exact) mass is 454 g/mol. The number of ether oxygens (including phenoxy) is 1. The third kappa shape index (κ3) is 4.53. The number of hydrogen-bond donors (Lipinski definition) is 2. The topological polar surface area (TPSA) is 150 Å². The first-order chi connectivity index (χ1) is 15.0. The van der Waals surface area contributed by atoms with Gasteiger partial charge in [0.15, 0.2) is 6.04 Å². The molecular weight excluding hydrogens is 437 g/mol. The van der Waals surface area contributed by atoms with E-state index in [9.17, 15) is 32.3 Å². The minimum atomic E-state index is -5.44. The van der Waals surface area contributed by atoms with E-state index in [-0.39, 0.29) is 12.1 Å². The van der Waals surface area contributed by atoms with Crippen molar-refractivity contribution in [3.05, 3.63) is 47.8 Å². The zero-order chi connectivity index (χ0) is 23.6. The van der Waals surface area contributed by atoms with Gasteiger partial charge in [0.1, 0.15) is 0 Å². The number of urea groups is 1. The summed E-state index contributed by atoms with van der Waals surface area (Å²) in [5, 5.41) is 9.44. The van der Waals surface area contributed by atoms with Crippen LogP contribution in [0.3, 0.4) is 0 Å². The summed E-state index contributed by atoms with van der Waals surface area (Å²) in [5.74, 6) is -1.13. The third-order valence-electron chi connectivity index (χ3n) is 4.82. The number of hydrogen-bond acceptors (Lipinski definition) is 8. The molecule has 0 bridgehead atoms. The Morgan fingerprint density at radius 3 is 2.47 bits per heavy atom. The first kappa shape index (κ1) is 22.7. The third-order valence-corrected chi connectivity index (χ3v) is 4.82. The molecule has 1 aromatic heterocycles. The van der Waals surface area contributed by atoms with Gasteiger partial charge in [-0.3, -0.25) is 4.79 Å². The highest BCUT2D eigenvalue weighted by Gasteiger charge is 2.57. The Hall–Kier alpha value is -3.97. The van der Waals surface area contributed by atoms with E-state index in [4.69, 9.17) is 5.84 Å². The Kier molecular flexibility index (Phi) is 6.13. The van der Waals surface area contributed by atoms with E-state index in [1.165, 1.54) is 6.20 Å². The van der Waals surface area contributed by atoms with Crippen LogP contribution in [0.5, 0.6) is 0 Å². The van der Waals surface area contributed by atoms with Crippen LogP contribution in [0, 0.1) is 5.92 Å². The van der Waals surface area contributed by atoms with Gasteiger partial charge in [-0.05, 0) is 17.7 Å². The number of alkyl halides is 3. The minimum absolute atomic E-state index is 0.168. The maximum Gasteiger partial charge on any atom is 0.491 e. The van der Waals surface area contributed by atoms with E-state index in [0.717, 1.165) is 4.79 Å². The highest BCUT2D eigenvalue weighted by Crippen LogP contribution is 2.32. The molecule has 1 fully saturated rings. The van der Waals surface area contributed by atoms with Gasteiger partial charge in [-0.15, -0.1) is 5.10 Å². The van der Waals surface area contributed by atoms with E-state index in [1.807, 2.05) is 0 Å². The molecule has 170 valence electrons. The second kappa shape index (κ2) is 8.64. The molecule has 2 heterocycles. The summed E-state index contributed by atoms with van der Waals surface area (Å²) < 4.78 is 41.4. The normalized spacial score (nSPS) is 19.1. The van der Waals surface area contributed by atoms with E-state index >= 15 is 0 Å². The molecule has 0 saturated carbocycles. The number of imide groups is 1. The number of carbonyl (C=O) groups is 4. The van der Waals surface area contributed by atoms with Crippen molar-refractivity contribution in [2.75, 3.05) is 5.84 Å². The highest BCUT2D eigenvalue weighted by molar-refractivity contribution is 6.09. The van der Waals surface area contributed by atoms with Crippen LogP contribution in [0.2, 0.25) is 0 Å². The molecule has 14 heteroatoms. The molecule has 2 aromatic rings. The minimum Gasteiger partial charge on any atom is -0.385 e. The van der Waals surface area contributed by atoms with Crippen LogP contribution < -0.4 is 11.2 Å². The smallest absolute Gasteiger partial charge is 0.385 e. The fraction of sp³-hybridized carbons (Fsp3) is 0.333. The van der Waals surface area contributed by atoms with Gasteiger partial charge in [0, 0.05) is 6.42 Å². The van der Waals surface area contributed by atoms with Crippen molar-refractivity contribution < 1.29 is 37.1 Å². The Morgan fingerprint density at radius 2 is 1.91 bits per heavy atom. The fourth-order valence-electron chi connectivity index (χ4n) is 3.17. The molecule has 3 N–H and O–H groups in total. The molecule has 1 saturated heterocycles. The van der Waals surface area contributed by atoms with Gasteiger partial charge in [0.25, 0.3) is 0 Å². The lowest BCUT2D eigenvalue weighted by Crippen LogP contribution is -2.69. The van der Waals surface area contributed by atoms with Crippen LogP contribution in [0.15, 0.2) is 36.5 Å². The average molecular weight is 454 g/mol. The van der Waals surface area contributed by atoms with Crippen LogP contribution in [-0.2, 0) is 25.5 Å². The number of nitrogens with zero attached hydrogens (tertiary/aromatic N) is 4. The van der Waals surface area contributed by atoms with Gasteiger partial charge < -0.3 is 15.9 Å². The van der Waals surface area contributed by atoms with Crippen molar-refractivity contribution in [3.8, 4) is 0 Å². The van der Waals surface area contributed by atoms with E-state index < -0.39 is 48.1 Å². The Balaban J connectivity index is 1.80. The van der Waals surface area contributed by atoms with E-state index in [2.05, 4.69) is 20.4 Å². The van der Waals surface area contributed by atoms with Gasteiger partial charge in [0.2, 0.25) is 5.91 Å². The lowest BCUT2D eigenvalue weighted by Gasteiger charge is -2.43. The zero-order valence-corrected chi connectivity index (χ0v) is 16.4. The SMILES string of the molecule is C[C@@H](NC(=O)N1C(=O)C(Cc2cnnn2N)C1C(=O)OC(=O)C(F)(F)F)c1ccccc1. The van der Waals surface area contributed by atoms with Crippen molar-refractivity contribution in [2.45, 2.75) is 31.6 Å². The van der Waals surface area contributed by atoms with Crippen molar-refractivity contribution in [2.24, 2.45) is 5.92 Å². The highest BCUT2D eigenvalue weighted by atomic mass is 19.4. The number of esters is 2. The van der Waals surface area contributed by atoms with Gasteiger partial charge in [-0.2, -0.15) is 18.0 Å². The number of nitrogens with one attached hydrogen (secondary N) is 1. The molecule has 1 aromatic carbocycles. The molecule has 3 atom stereocenters. The van der Waals surface area contributed by atoms with E-state index in [0.29, 0.717) is 10.5 Å². The number of likely N-dealkylation sites (tertiary alicyclic amines) is 1. The van der Waals surface area contributed by atoms with Crippen molar-refractivity contribution in [1.29, 1.82) is 0 Å². The summed E-state index contributed by atoms with van der Waals surface area (Å²) in [4.78, 5) is 49.9. The second-order valence-electron chi connectivity index (χ2n) is 6.92. The van der Waals surface area contributed by atoms with Crippen LogP contribution in [0.1, 0.15) is 24.2 Å². The van der Waals surface area contributed by atoms with E-state index in [1.54, 1.807) is 37.3 Å². The number of β-lactam (4-membered cyclic amide) rings is 1. The molecule has 3 rings (SSSR count). The molecular formula is C18H17F3N6O5. The lowest BCUT2D eigenvalue weighted by atomic mass is 9.84. The average Bonchev–Trinajstić information content (AvgIpc) is 3.14. The number of halogens is 3. The van der Waals surface area contributed by atoms with Crippen molar-refractivity contribution in [3.63, 3.8) is 0 Å². The van der Waals surface area contributed by atoms with Gasteiger partial charge in [0.05, 0.1) is 23.9 Å². The summed E-state index contributed by atoms with van der Waals surface area (Å²) in [6.07, 6.45) is -4.54. The maximum atomic E-state index is 12.7. The molecule has 3 amide bonds. The molecule has 32 heavy (non-hydrogen) atoms. The first-order valence-electron chi connectivity index (χ1n) is 9.16. The molecule has 0 aliphatic carbocycles. The van der Waals surface area contributed by atoms with Crippen LogP contribution in [0.25, 0.3) is 0 Å². The van der Waals surface area contributed by atoms with Crippen LogP contribution in [-0.4, -0.2) is 56.1 Å². The van der Waals surface area contributed by atoms with Crippen LogP contribution in [0.4, 0.5) is 18.0 Å². The standard InChI is InChI=1S/C18H17F3N6O5/c1-9(10-5-3-2-4-6-10)24-17(31)26-13(15(29)32-16(30)18(19,20)21)12(14(26)28)7-11-8-23-25-27(11)22/h2-6,8-9,12-13H,7,22H2,1H3,(H,24,31)/t9-,12?,13?/m1/s1. The molecule has 11 nitrogen and oxygen atoms in total. The Labute approximate surface area is 178 Å². The summed E-state index contributed by atoms with van der Waals surface area (Å²) in [7, 11) is 0. The maximum absolute atomic E-state index is 12.7. The summed E-state index contributed by atoms with van der Waals surface area (Å²) >= 11 is 0. The zero-order valence-electron chi connectivity index (χ0n) is 16.4. The first-order valence-corrected chi connectivity index (χ1v) is 9.16. The summed E-state index contributed by atoms with van der Waals surface area (Å²) in [5.41, 5.74) is 0.843. The Morgan fingerprint density at radius 1 is 1.25 bits per heavy atom. The molecule has 2 unspecified atom stereocenters. The number of nitrogen functional groups attached to an aromatic ring is 1. The number of amides is 3. The molecule has 1 aliphatic rings. The van der Waals surface area contributed by atoms with Crippen LogP contribution >= 0.6 is 0 Å². The number of aromatic nitrogens is 3. The van der Waals surface area contributed by atoms with Gasteiger partial charge in [-0.25, -0.2) is 19.3 Å². The Bertz CT molecular complexity index is 1040. The number of benzene rings is 1. The van der Waals surface area contributed by atoms with Gasteiger partial charge in [-0.1, -0.05) is 30.3 Å². The fourth-order valence-corrected chi connectivity index (χ4v) is 3.17. The predicted molar refractivity (Wildman–Crippen MR) is 98.5 cm³/mol. The van der Waals surface area contributed by atoms with Gasteiger partial charge >= 0.3 is 24.1 Å².